The van der Waals surface area contributed by atoms with E-state index in [1.807, 2.05) is 0 Å². The fourth-order valence-electron chi connectivity index (χ4n) is 2.22. The number of hydrogen-bond donors (Lipinski definition) is 2. The van der Waals surface area contributed by atoms with Crippen molar-refractivity contribution < 1.29 is 9.59 Å². The van der Waals surface area contributed by atoms with Crippen LogP contribution in [-0.4, -0.2) is 23.3 Å². The van der Waals surface area contributed by atoms with Gasteiger partial charge in [-0.05, 0) is 23.6 Å². The summed E-state index contributed by atoms with van der Waals surface area (Å²) >= 11 is 0. The van der Waals surface area contributed by atoms with Gasteiger partial charge in [-0.3, -0.25) is 9.59 Å². The van der Waals surface area contributed by atoms with E-state index in [2.05, 4.69) is 6.92 Å². The van der Waals surface area contributed by atoms with Gasteiger partial charge in [-0.1, -0.05) is 13.0 Å². The van der Waals surface area contributed by atoms with Crippen molar-refractivity contribution in [2.45, 2.75) is 19.9 Å². The molecule has 0 aromatic heterocycles. The molecular formula is C13H17N3O2. The van der Waals surface area contributed by atoms with Crippen molar-refractivity contribution in [3.05, 3.63) is 29.3 Å². The summed E-state index contributed by atoms with van der Waals surface area (Å²) in [5, 5.41) is 0. The first kappa shape index (κ1) is 12.4. The molecule has 1 aliphatic rings. The zero-order valence-electron chi connectivity index (χ0n) is 10.3. The number of carbonyl (C=O) groups is 2. The van der Waals surface area contributed by atoms with Gasteiger partial charge in [0.15, 0.2) is 0 Å². The van der Waals surface area contributed by atoms with Crippen LogP contribution in [-0.2, 0) is 11.3 Å². The molecule has 1 atom stereocenters. The maximum absolute atomic E-state index is 11.7. The van der Waals surface area contributed by atoms with Crippen LogP contribution in [0.1, 0.15) is 29.3 Å². The second kappa shape index (κ2) is 4.68. The van der Waals surface area contributed by atoms with E-state index in [9.17, 15) is 9.59 Å². The molecule has 1 saturated heterocycles. The van der Waals surface area contributed by atoms with Crippen molar-refractivity contribution in [2.24, 2.45) is 11.7 Å². The Bertz CT molecular complexity index is 499. The van der Waals surface area contributed by atoms with E-state index in [4.69, 9.17) is 11.5 Å². The minimum Gasteiger partial charge on any atom is -0.398 e. The highest BCUT2D eigenvalue weighted by Crippen LogP contribution is 2.22. The smallest absolute Gasteiger partial charge is 0.248 e. The maximum atomic E-state index is 11.7. The molecule has 2 rings (SSSR count). The Labute approximate surface area is 106 Å². The van der Waals surface area contributed by atoms with Gasteiger partial charge in [-0.25, -0.2) is 0 Å². The summed E-state index contributed by atoms with van der Waals surface area (Å²) in [6.07, 6.45) is 0.597. The molecule has 0 saturated carbocycles. The Hall–Kier alpha value is -2.04. The normalized spacial score (nSPS) is 19.3. The second-order valence-corrected chi connectivity index (χ2v) is 4.86. The van der Waals surface area contributed by atoms with Crippen LogP contribution in [0.5, 0.6) is 0 Å². The summed E-state index contributed by atoms with van der Waals surface area (Å²) in [4.78, 5) is 24.5. The van der Waals surface area contributed by atoms with Crippen LogP contribution in [0.4, 0.5) is 5.69 Å². The predicted octanol–water partition coefficient (Wildman–Crippen LogP) is 0.736. The molecule has 4 N–H and O–H groups in total. The molecule has 1 heterocycles. The van der Waals surface area contributed by atoms with Gasteiger partial charge in [0.2, 0.25) is 11.8 Å². The standard InChI is InChI=1S/C13H17N3O2/c1-8-4-12(17)16(6-8)7-10-3-2-9(13(15)18)5-11(10)14/h2-3,5,8H,4,6-7,14H2,1H3,(H2,15,18). The molecule has 96 valence electrons. The quantitative estimate of drug-likeness (QED) is 0.772. The number of amides is 2. The van der Waals surface area contributed by atoms with E-state index < -0.39 is 5.91 Å². The van der Waals surface area contributed by atoms with Gasteiger partial charge in [0, 0.05) is 30.8 Å². The maximum Gasteiger partial charge on any atom is 0.248 e. The molecule has 1 fully saturated rings. The Kier molecular flexibility index (Phi) is 3.23. The number of hydrogen-bond acceptors (Lipinski definition) is 3. The summed E-state index contributed by atoms with van der Waals surface area (Å²) in [6.45, 7) is 3.31. The summed E-state index contributed by atoms with van der Waals surface area (Å²) in [6, 6.07) is 4.95. The molecule has 5 heteroatoms. The van der Waals surface area contributed by atoms with Crippen LogP contribution in [0.3, 0.4) is 0 Å². The van der Waals surface area contributed by atoms with Gasteiger partial charge in [0.05, 0.1) is 0 Å². The lowest BCUT2D eigenvalue weighted by Gasteiger charge is -2.17. The number of rotatable bonds is 3. The number of nitrogens with zero attached hydrogens (tertiary/aromatic N) is 1. The van der Waals surface area contributed by atoms with Crippen LogP contribution in [0.2, 0.25) is 0 Å². The molecule has 2 amide bonds. The van der Waals surface area contributed by atoms with Crippen LogP contribution < -0.4 is 11.5 Å². The first-order valence-electron chi connectivity index (χ1n) is 5.93. The van der Waals surface area contributed by atoms with E-state index >= 15 is 0 Å². The highest BCUT2D eigenvalue weighted by Gasteiger charge is 2.26. The van der Waals surface area contributed by atoms with Crippen molar-refractivity contribution in [1.29, 1.82) is 0 Å². The molecule has 1 aromatic carbocycles. The van der Waals surface area contributed by atoms with E-state index in [-0.39, 0.29) is 5.91 Å². The van der Waals surface area contributed by atoms with Gasteiger partial charge in [-0.15, -0.1) is 0 Å². The number of nitrogens with two attached hydrogens (primary N) is 2. The predicted molar refractivity (Wildman–Crippen MR) is 68.6 cm³/mol. The number of likely N-dealkylation sites (tertiary alicyclic amines) is 1. The van der Waals surface area contributed by atoms with Gasteiger partial charge < -0.3 is 16.4 Å². The number of anilines is 1. The summed E-state index contributed by atoms with van der Waals surface area (Å²) < 4.78 is 0. The monoisotopic (exact) mass is 247 g/mol. The molecular weight excluding hydrogens is 230 g/mol. The van der Waals surface area contributed by atoms with E-state index in [0.29, 0.717) is 30.1 Å². The average Bonchev–Trinajstić information content (AvgIpc) is 2.60. The molecule has 0 spiro atoms. The summed E-state index contributed by atoms with van der Waals surface area (Å²) in [5.74, 6) is 0.0450. The third-order valence-electron chi connectivity index (χ3n) is 3.20. The largest absolute Gasteiger partial charge is 0.398 e. The van der Waals surface area contributed by atoms with Crippen molar-refractivity contribution >= 4 is 17.5 Å². The number of nitrogen functional groups attached to an aromatic ring is 1. The highest BCUT2D eigenvalue weighted by molar-refractivity contribution is 5.93. The topological polar surface area (TPSA) is 89.4 Å². The highest BCUT2D eigenvalue weighted by atomic mass is 16.2. The van der Waals surface area contributed by atoms with E-state index in [1.54, 1.807) is 23.1 Å². The van der Waals surface area contributed by atoms with E-state index in [0.717, 1.165) is 12.1 Å². The fraction of sp³-hybridized carbons (Fsp3) is 0.385. The number of benzene rings is 1. The minimum atomic E-state index is -0.501. The molecule has 1 aliphatic heterocycles. The fourth-order valence-corrected chi connectivity index (χ4v) is 2.22. The first-order valence-corrected chi connectivity index (χ1v) is 5.93. The zero-order valence-corrected chi connectivity index (χ0v) is 10.3. The number of primary amides is 1. The molecule has 1 aromatic rings. The molecule has 1 unspecified atom stereocenters. The second-order valence-electron chi connectivity index (χ2n) is 4.86. The summed E-state index contributed by atoms with van der Waals surface area (Å²) in [7, 11) is 0. The van der Waals surface area contributed by atoms with E-state index in [1.165, 1.54) is 0 Å². The Balaban J connectivity index is 2.15. The Morgan fingerprint density at radius 2 is 2.22 bits per heavy atom. The molecule has 18 heavy (non-hydrogen) atoms. The third kappa shape index (κ3) is 2.45. The lowest BCUT2D eigenvalue weighted by atomic mass is 10.1. The molecule has 5 nitrogen and oxygen atoms in total. The molecule has 0 radical (unpaired) electrons. The lowest BCUT2D eigenvalue weighted by Crippen LogP contribution is -2.25. The van der Waals surface area contributed by atoms with Crippen molar-refractivity contribution in [1.82, 2.24) is 4.90 Å². The van der Waals surface area contributed by atoms with Crippen LogP contribution >= 0.6 is 0 Å². The van der Waals surface area contributed by atoms with Gasteiger partial charge >= 0.3 is 0 Å². The summed E-state index contributed by atoms with van der Waals surface area (Å²) in [5.41, 5.74) is 12.8. The zero-order chi connectivity index (χ0) is 13.3. The molecule has 0 bridgehead atoms. The van der Waals surface area contributed by atoms with Crippen LogP contribution in [0.25, 0.3) is 0 Å². The average molecular weight is 247 g/mol. The first-order chi connectivity index (χ1) is 8.47. The lowest BCUT2D eigenvalue weighted by molar-refractivity contribution is -0.128. The molecule has 0 aliphatic carbocycles. The van der Waals surface area contributed by atoms with Crippen molar-refractivity contribution in [3.63, 3.8) is 0 Å². The Morgan fingerprint density at radius 1 is 1.50 bits per heavy atom. The van der Waals surface area contributed by atoms with Gasteiger partial charge in [0.1, 0.15) is 0 Å². The minimum absolute atomic E-state index is 0.154. The Morgan fingerprint density at radius 3 is 2.72 bits per heavy atom. The number of carbonyl (C=O) groups excluding carboxylic acids is 2. The SMILES string of the molecule is CC1CC(=O)N(Cc2ccc(C(N)=O)cc2N)C1. The van der Waals surface area contributed by atoms with Crippen LogP contribution in [0, 0.1) is 5.92 Å². The van der Waals surface area contributed by atoms with Crippen LogP contribution in [0.15, 0.2) is 18.2 Å². The van der Waals surface area contributed by atoms with Crippen molar-refractivity contribution in [2.75, 3.05) is 12.3 Å². The van der Waals surface area contributed by atoms with Gasteiger partial charge in [-0.2, -0.15) is 0 Å². The van der Waals surface area contributed by atoms with Gasteiger partial charge in [0.25, 0.3) is 0 Å². The van der Waals surface area contributed by atoms with Crippen molar-refractivity contribution in [3.8, 4) is 0 Å². The third-order valence-corrected chi connectivity index (χ3v) is 3.20.